The number of nitriles is 2. The van der Waals surface area contributed by atoms with Gasteiger partial charge in [-0.3, -0.25) is 0 Å². The number of dihydropyridines is 1. The summed E-state index contributed by atoms with van der Waals surface area (Å²) in [6, 6.07) is 41.9. The van der Waals surface area contributed by atoms with Crippen LogP contribution in [0.3, 0.4) is 0 Å². The Morgan fingerprint density at radius 1 is 0.688 bits per heavy atom. The molecular formula is C42H30N6. The van der Waals surface area contributed by atoms with Gasteiger partial charge in [0.15, 0.2) is 0 Å². The molecule has 0 atom stereocenters. The molecule has 0 amide bonds. The Labute approximate surface area is 279 Å². The molecule has 6 heteroatoms. The van der Waals surface area contributed by atoms with E-state index in [4.69, 9.17) is 15.7 Å². The fraction of sp³-hybridized carbons (Fsp3) is 0.0476. The highest BCUT2D eigenvalue weighted by molar-refractivity contribution is 6.11. The Hall–Kier alpha value is -6.76. The van der Waals surface area contributed by atoms with Gasteiger partial charge in [0, 0.05) is 41.2 Å². The number of aromatic nitrogens is 2. The second kappa shape index (κ2) is 12.9. The number of hydrogen-bond acceptors (Lipinski definition) is 6. The SMILES string of the molecule is C/C(=C\C(C#N)=C/N)c1cccc(-c2ccc(-c3ccc(-c4cccc(C5=CNCC(C#N)=C5)n4)c4ccccc34)c3ccccc23)n1. The van der Waals surface area contributed by atoms with Crippen LogP contribution < -0.4 is 11.1 Å². The summed E-state index contributed by atoms with van der Waals surface area (Å²) < 4.78 is 0. The van der Waals surface area contributed by atoms with Crippen molar-refractivity contribution in [1.29, 1.82) is 10.5 Å². The van der Waals surface area contributed by atoms with Crippen LogP contribution in [0, 0.1) is 22.7 Å². The molecule has 0 radical (unpaired) electrons. The maximum absolute atomic E-state index is 9.41. The van der Waals surface area contributed by atoms with Gasteiger partial charge >= 0.3 is 0 Å². The van der Waals surface area contributed by atoms with Gasteiger partial charge in [-0.1, -0.05) is 84.9 Å². The van der Waals surface area contributed by atoms with Crippen LogP contribution in [-0.4, -0.2) is 16.5 Å². The summed E-state index contributed by atoms with van der Waals surface area (Å²) in [5, 5.41) is 26.4. The molecule has 0 unspecified atom stereocenters. The Kier molecular flexibility index (Phi) is 8.06. The molecule has 6 aromatic rings. The lowest BCUT2D eigenvalue weighted by Gasteiger charge is -2.16. The number of hydrogen-bond donors (Lipinski definition) is 2. The first-order valence-corrected chi connectivity index (χ1v) is 15.6. The lowest BCUT2D eigenvalue weighted by molar-refractivity contribution is 0.946. The molecule has 0 aliphatic carbocycles. The molecule has 6 nitrogen and oxygen atoms in total. The number of rotatable bonds is 6. The van der Waals surface area contributed by atoms with Crippen LogP contribution in [0.1, 0.15) is 18.3 Å². The third-order valence-corrected chi connectivity index (χ3v) is 8.59. The van der Waals surface area contributed by atoms with Gasteiger partial charge in [0.1, 0.15) is 6.07 Å². The van der Waals surface area contributed by atoms with Gasteiger partial charge in [-0.15, -0.1) is 0 Å². The highest BCUT2D eigenvalue weighted by Crippen LogP contribution is 2.40. The van der Waals surface area contributed by atoms with E-state index in [0.29, 0.717) is 17.7 Å². The van der Waals surface area contributed by atoms with E-state index >= 15 is 0 Å². The molecule has 3 N–H and O–H groups in total. The van der Waals surface area contributed by atoms with Crippen LogP contribution in [0.4, 0.5) is 0 Å². The molecule has 7 rings (SSSR count). The predicted octanol–water partition coefficient (Wildman–Crippen LogP) is 8.95. The van der Waals surface area contributed by atoms with E-state index < -0.39 is 0 Å². The second-order valence-electron chi connectivity index (χ2n) is 11.6. The van der Waals surface area contributed by atoms with E-state index in [1.165, 1.54) is 6.20 Å². The standard InChI is InChI=1S/C42H30N6/c1-27(20-28(22-43)23-44)39-12-6-14-41(47-39)37-18-16-35(31-8-2-4-10-33(31)37)36-17-19-38(34-11-5-3-9-32(34)36)42-15-7-13-40(48-42)30-21-29(24-45)25-46-26-30/h2-22,26,46H,25,43H2,1H3/b27-20+,28-22+. The number of nitrogens with zero attached hydrogens (tertiary/aromatic N) is 4. The monoisotopic (exact) mass is 618 g/mol. The van der Waals surface area contributed by atoms with Gasteiger partial charge in [0.05, 0.1) is 34.4 Å². The van der Waals surface area contributed by atoms with Crippen molar-refractivity contribution in [3.8, 4) is 45.8 Å². The topological polar surface area (TPSA) is 111 Å². The maximum Gasteiger partial charge on any atom is 0.101 e. The third kappa shape index (κ3) is 5.60. The normalized spacial score (nSPS) is 13.3. The summed E-state index contributed by atoms with van der Waals surface area (Å²) in [6.07, 6.45) is 6.86. The van der Waals surface area contributed by atoms with Gasteiger partial charge in [0.2, 0.25) is 0 Å². The number of nitrogens with two attached hydrogens (primary N) is 1. The van der Waals surface area contributed by atoms with Gasteiger partial charge in [0.25, 0.3) is 0 Å². The fourth-order valence-corrected chi connectivity index (χ4v) is 6.26. The largest absolute Gasteiger partial charge is 0.404 e. The average molecular weight is 619 g/mol. The highest BCUT2D eigenvalue weighted by atomic mass is 14.8. The minimum Gasteiger partial charge on any atom is -0.404 e. The van der Waals surface area contributed by atoms with E-state index in [1.807, 2.05) is 55.6 Å². The van der Waals surface area contributed by atoms with E-state index in [-0.39, 0.29) is 0 Å². The van der Waals surface area contributed by atoms with Gasteiger partial charge < -0.3 is 11.1 Å². The molecule has 0 spiro atoms. The van der Waals surface area contributed by atoms with E-state index in [1.54, 1.807) is 6.08 Å². The van der Waals surface area contributed by atoms with Gasteiger partial charge in [-0.05, 0) is 81.6 Å². The number of pyridine rings is 2. The van der Waals surface area contributed by atoms with Crippen molar-refractivity contribution in [2.24, 2.45) is 5.73 Å². The summed E-state index contributed by atoms with van der Waals surface area (Å²) in [6.45, 7) is 2.46. The zero-order valence-electron chi connectivity index (χ0n) is 26.3. The molecule has 0 saturated heterocycles. The zero-order chi connectivity index (χ0) is 33.0. The molecule has 2 aromatic heterocycles. The van der Waals surface area contributed by atoms with Crippen LogP contribution in [0.5, 0.6) is 0 Å². The number of fused-ring (bicyclic) bond motifs is 2. The highest BCUT2D eigenvalue weighted by Gasteiger charge is 2.16. The Morgan fingerprint density at radius 2 is 1.23 bits per heavy atom. The summed E-state index contributed by atoms with van der Waals surface area (Å²) in [4.78, 5) is 10.0. The lowest BCUT2D eigenvalue weighted by Crippen LogP contribution is -2.14. The molecular weight excluding hydrogens is 589 g/mol. The summed E-state index contributed by atoms with van der Waals surface area (Å²) in [7, 11) is 0. The molecule has 1 aliphatic rings. The van der Waals surface area contributed by atoms with E-state index in [9.17, 15) is 10.5 Å². The van der Waals surface area contributed by atoms with Crippen molar-refractivity contribution in [2.75, 3.05) is 6.54 Å². The molecule has 0 fully saturated rings. The summed E-state index contributed by atoms with van der Waals surface area (Å²) in [5.41, 5.74) is 16.1. The van der Waals surface area contributed by atoms with Crippen LogP contribution in [0.15, 0.2) is 145 Å². The predicted molar refractivity (Wildman–Crippen MR) is 195 cm³/mol. The smallest absolute Gasteiger partial charge is 0.101 e. The van der Waals surface area contributed by atoms with Crippen LogP contribution in [0.25, 0.3) is 66.3 Å². The number of benzene rings is 4. The van der Waals surface area contributed by atoms with Crippen molar-refractivity contribution < 1.29 is 0 Å². The Morgan fingerprint density at radius 3 is 1.81 bits per heavy atom. The quantitative estimate of drug-likeness (QED) is 0.142. The summed E-state index contributed by atoms with van der Waals surface area (Å²) >= 11 is 0. The molecule has 4 aromatic carbocycles. The van der Waals surface area contributed by atoms with Crippen molar-refractivity contribution >= 4 is 32.7 Å². The molecule has 3 heterocycles. The molecule has 1 aliphatic heterocycles. The molecule has 0 saturated carbocycles. The van der Waals surface area contributed by atoms with E-state index in [0.717, 1.165) is 77.7 Å². The van der Waals surface area contributed by atoms with Crippen molar-refractivity contribution in [3.63, 3.8) is 0 Å². The second-order valence-corrected chi connectivity index (χ2v) is 11.6. The Balaban J connectivity index is 1.33. The molecule has 0 bridgehead atoms. The minimum atomic E-state index is 0.390. The summed E-state index contributed by atoms with van der Waals surface area (Å²) in [5.74, 6) is 0. The first-order valence-electron chi connectivity index (χ1n) is 15.6. The van der Waals surface area contributed by atoms with E-state index in [2.05, 4.69) is 90.3 Å². The molecule has 48 heavy (non-hydrogen) atoms. The average Bonchev–Trinajstić information content (AvgIpc) is 3.16. The first-order chi connectivity index (χ1) is 23.6. The van der Waals surface area contributed by atoms with Crippen LogP contribution >= 0.6 is 0 Å². The van der Waals surface area contributed by atoms with Crippen molar-refractivity contribution in [1.82, 2.24) is 15.3 Å². The van der Waals surface area contributed by atoms with Crippen LogP contribution in [-0.2, 0) is 0 Å². The van der Waals surface area contributed by atoms with Crippen molar-refractivity contribution in [3.05, 3.63) is 156 Å². The minimum absolute atomic E-state index is 0.390. The number of nitrogens with one attached hydrogen (secondary N) is 1. The third-order valence-electron chi connectivity index (χ3n) is 8.59. The maximum atomic E-state index is 9.41. The van der Waals surface area contributed by atoms with Gasteiger partial charge in [-0.2, -0.15) is 10.5 Å². The lowest BCUT2D eigenvalue weighted by atomic mass is 9.89. The van der Waals surface area contributed by atoms with Crippen molar-refractivity contribution in [2.45, 2.75) is 6.92 Å². The van der Waals surface area contributed by atoms with Gasteiger partial charge in [-0.25, -0.2) is 9.97 Å². The number of allylic oxidation sites excluding steroid dienone is 5. The first kappa shape index (κ1) is 29.9. The zero-order valence-corrected chi connectivity index (χ0v) is 26.3. The molecule has 228 valence electrons. The Bertz CT molecular complexity index is 2450. The van der Waals surface area contributed by atoms with Crippen LogP contribution in [0.2, 0.25) is 0 Å². The fourth-order valence-electron chi connectivity index (χ4n) is 6.26.